The number of amides is 1. The fourth-order valence-corrected chi connectivity index (χ4v) is 7.38. The zero-order valence-electron chi connectivity index (χ0n) is 25.3. The summed E-state index contributed by atoms with van der Waals surface area (Å²) in [6.07, 6.45) is 7.45. The summed E-state index contributed by atoms with van der Waals surface area (Å²) in [4.78, 5) is 29.3. The van der Waals surface area contributed by atoms with E-state index in [2.05, 4.69) is 61.3 Å². The molecular weight excluding hydrogens is 713 g/mol. The minimum Gasteiger partial charge on any atom is -0.487 e. The number of benzene rings is 1. The fourth-order valence-electron chi connectivity index (χ4n) is 6.42. The van der Waals surface area contributed by atoms with E-state index in [0.717, 1.165) is 115 Å². The summed E-state index contributed by atoms with van der Waals surface area (Å²) in [7, 11) is 0. The Hall–Kier alpha value is -1.60. The SMILES string of the molecule is CCN1CCC(Oc2nc(N3CCC4(CC3)CN(C(=O)OC(C)(C)C)C4)c3cc(I)c(Br)c(OC4CCC4)c3n2)CC1. The number of likely N-dealkylation sites (tertiary alicyclic amines) is 2. The zero-order chi connectivity index (χ0) is 29.6. The average Bonchev–Trinajstić information content (AvgIpc) is 2.90. The van der Waals surface area contributed by atoms with Crippen molar-refractivity contribution in [1.82, 2.24) is 19.8 Å². The normalized spacial score (nSPS) is 21.8. The second-order valence-corrected chi connectivity index (χ2v) is 15.4. The Morgan fingerprint density at radius 3 is 2.31 bits per heavy atom. The molecule has 0 radical (unpaired) electrons. The first kappa shape index (κ1) is 30.4. The van der Waals surface area contributed by atoms with Crippen molar-refractivity contribution in [2.45, 2.75) is 90.4 Å². The van der Waals surface area contributed by atoms with E-state index in [0.29, 0.717) is 6.01 Å². The molecule has 0 atom stereocenters. The highest BCUT2D eigenvalue weighted by molar-refractivity contribution is 14.1. The van der Waals surface area contributed by atoms with Gasteiger partial charge in [-0.05, 0) is 117 Å². The predicted molar refractivity (Wildman–Crippen MR) is 176 cm³/mol. The molecule has 11 heteroatoms. The number of aromatic nitrogens is 2. The van der Waals surface area contributed by atoms with E-state index in [1.807, 2.05) is 25.7 Å². The zero-order valence-corrected chi connectivity index (χ0v) is 29.0. The van der Waals surface area contributed by atoms with Crippen LogP contribution in [0, 0.1) is 8.99 Å². The van der Waals surface area contributed by atoms with Gasteiger partial charge < -0.3 is 28.9 Å². The Balaban J connectivity index is 1.25. The van der Waals surface area contributed by atoms with Crippen molar-refractivity contribution in [3.05, 3.63) is 14.1 Å². The van der Waals surface area contributed by atoms with Crippen LogP contribution in [0.25, 0.3) is 10.9 Å². The Labute approximate surface area is 271 Å². The molecule has 6 rings (SSSR count). The fraction of sp³-hybridized carbons (Fsp3) is 0.710. The smallest absolute Gasteiger partial charge is 0.410 e. The maximum Gasteiger partial charge on any atom is 0.410 e. The second-order valence-electron chi connectivity index (χ2n) is 13.5. The molecule has 1 aliphatic carbocycles. The minimum atomic E-state index is -0.474. The highest BCUT2D eigenvalue weighted by Gasteiger charge is 2.48. The van der Waals surface area contributed by atoms with Crippen LogP contribution in [0.2, 0.25) is 0 Å². The van der Waals surface area contributed by atoms with Gasteiger partial charge in [-0.15, -0.1) is 0 Å². The Morgan fingerprint density at radius 2 is 1.71 bits per heavy atom. The highest BCUT2D eigenvalue weighted by atomic mass is 127. The molecule has 1 aromatic carbocycles. The van der Waals surface area contributed by atoms with Gasteiger partial charge in [0.25, 0.3) is 0 Å². The molecule has 230 valence electrons. The molecule has 2 aromatic rings. The quantitative estimate of drug-likeness (QED) is 0.305. The number of piperidine rings is 2. The van der Waals surface area contributed by atoms with Gasteiger partial charge in [0.15, 0.2) is 5.75 Å². The van der Waals surface area contributed by atoms with Crippen molar-refractivity contribution >= 4 is 61.3 Å². The van der Waals surface area contributed by atoms with Crippen molar-refractivity contribution in [1.29, 1.82) is 0 Å². The van der Waals surface area contributed by atoms with E-state index < -0.39 is 5.60 Å². The molecular formula is C31H43BrIN5O4. The van der Waals surface area contributed by atoms with Gasteiger partial charge in [0.2, 0.25) is 0 Å². The number of rotatable bonds is 6. The topological polar surface area (TPSA) is 80.3 Å². The lowest BCUT2D eigenvalue weighted by molar-refractivity contribution is -0.0434. The van der Waals surface area contributed by atoms with Crippen LogP contribution in [0.4, 0.5) is 10.6 Å². The van der Waals surface area contributed by atoms with Crippen LogP contribution in [-0.2, 0) is 4.74 Å². The van der Waals surface area contributed by atoms with Crippen LogP contribution in [-0.4, -0.2) is 89.5 Å². The average molecular weight is 757 g/mol. The first-order valence-corrected chi connectivity index (χ1v) is 17.4. The molecule has 3 aliphatic heterocycles. The van der Waals surface area contributed by atoms with Gasteiger partial charge in [0, 0.05) is 53.6 Å². The van der Waals surface area contributed by atoms with Crippen LogP contribution < -0.4 is 14.4 Å². The molecule has 3 saturated heterocycles. The number of hydrogen-bond acceptors (Lipinski definition) is 8. The first-order chi connectivity index (χ1) is 20.0. The lowest BCUT2D eigenvalue weighted by atomic mass is 9.72. The molecule has 1 aromatic heterocycles. The summed E-state index contributed by atoms with van der Waals surface area (Å²) >= 11 is 6.19. The maximum absolute atomic E-state index is 12.6. The Kier molecular flexibility index (Phi) is 8.74. The molecule has 1 amide bonds. The number of carbonyl (C=O) groups excluding carboxylic acids is 1. The van der Waals surface area contributed by atoms with Crippen LogP contribution in [0.1, 0.15) is 72.6 Å². The molecule has 1 saturated carbocycles. The van der Waals surface area contributed by atoms with Crippen LogP contribution >= 0.6 is 38.5 Å². The van der Waals surface area contributed by atoms with Gasteiger partial charge in [-0.1, -0.05) is 6.92 Å². The predicted octanol–water partition coefficient (Wildman–Crippen LogP) is 6.63. The molecule has 4 fully saturated rings. The van der Waals surface area contributed by atoms with E-state index in [1.165, 1.54) is 6.42 Å². The number of hydrogen-bond donors (Lipinski definition) is 0. The number of ether oxygens (including phenoxy) is 3. The van der Waals surface area contributed by atoms with Crippen molar-refractivity contribution in [3.8, 4) is 11.8 Å². The third-order valence-corrected chi connectivity index (χ3v) is 11.6. The van der Waals surface area contributed by atoms with Gasteiger partial charge >= 0.3 is 12.1 Å². The highest BCUT2D eigenvalue weighted by Crippen LogP contribution is 2.45. The molecule has 0 N–H and O–H groups in total. The van der Waals surface area contributed by atoms with Crippen molar-refractivity contribution in [2.24, 2.45) is 5.41 Å². The number of fused-ring (bicyclic) bond motifs is 1. The molecule has 0 unspecified atom stereocenters. The molecule has 0 bridgehead atoms. The number of anilines is 1. The van der Waals surface area contributed by atoms with Crippen LogP contribution in [0.3, 0.4) is 0 Å². The summed E-state index contributed by atoms with van der Waals surface area (Å²) < 4.78 is 20.7. The largest absolute Gasteiger partial charge is 0.487 e. The summed E-state index contributed by atoms with van der Waals surface area (Å²) in [6, 6.07) is 2.61. The van der Waals surface area contributed by atoms with Crippen LogP contribution in [0.15, 0.2) is 10.5 Å². The van der Waals surface area contributed by atoms with E-state index in [9.17, 15) is 4.79 Å². The summed E-state index contributed by atoms with van der Waals surface area (Å²) in [5.41, 5.74) is 0.497. The van der Waals surface area contributed by atoms with Gasteiger partial charge in [-0.3, -0.25) is 0 Å². The summed E-state index contributed by atoms with van der Waals surface area (Å²) in [6.45, 7) is 14.4. The summed E-state index contributed by atoms with van der Waals surface area (Å²) in [5, 5.41) is 1.00. The molecule has 1 spiro atoms. The molecule has 4 aliphatic rings. The standard InChI is InChI=1S/C31H43BrIN5O4/c1-5-36-13-9-21(10-14-36)41-28-34-25-22(17-23(33)24(32)26(25)40-20-7-6-8-20)27(35-28)37-15-11-31(12-16-37)18-38(19-31)29(39)42-30(2,3)4/h17,20-21H,5-16,18-19H2,1-4H3. The first-order valence-electron chi connectivity index (χ1n) is 15.5. The molecule has 9 nitrogen and oxygen atoms in total. The van der Waals surface area contributed by atoms with E-state index in [-0.39, 0.29) is 23.7 Å². The van der Waals surface area contributed by atoms with Crippen LogP contribution in [0.5, 0.6) is 11.8 Å². The Morgan fingerprint density at radius 1 is 1.05 bits per heavy atom. The maximum atomic E-state index is 12.6. The lowest BCUT2D eigenvalue weighted by Gasteiger charge is -2.53. The van der Waals surface area contributed by atoms with Gasteiger partial charge in [0.1, 0.15) is 23.0 Å². The van der Waals surface area contributed by atoms with E-state index in [4.69, 9.17) is 24.2 Å². The van der Waals surface area contributed by atoms with Gasteiger partial charge in [-0.25, -0.2) is 4.79 Å². The lowest BCUT2D eigenvalue weighted by Crippen LogP contribution is -2.62. The van der Waals surface area contributed by atoms with Crippen molar-refractivity contribution < 1.29 is 19.0 Å². The van der Waals surface area contributed by atoms with Crippen molar-refractivity contribution in [3.63, 3.8) is 0 Å². The van der Waals surface area contributed by atoms with E-state index >= 15 is 0 Å². The second kappa shape index (κ2) is 12.1. The monoisotopic (exact) mass is 755 g/mol. The number of carbonyl (C=O) groups is 1. The number of halogens is 2. The van der Waals surface area contributed by atoms with E-state index in [1.54, 1.807) is 0 Å². The number of nitrogens with zero attached hydrogens (tertiary/aromatic N) is 5. The third-order valence-electron chi connectivity index (χ3n) is 9.22. The van der Waals surface area contributed by atoms with Gasteiger partial charge in [0.05, 0.1) is 10.6 Å². The van der Waals surface area contributed by atoms with Crippen molar-refractivity contribution in [2.75, 3.05) is 50.7 Å². The Bertz CT molecular complexity index is 1310. The molecule has 4 heterocycles. The molecule has 42 heavy (non-hydrogen) atoms. The minimum absolute atomic E-state index is 0.111. The summed E-state index contributed by atoms with van der Waals surface area (Å²) in [5.74, 6) is 1.72. The third kappa shape index (κ3) is 6.43. The van der Waals surface area contributed by atoms with Gasteiger partial charge in [-0.2, -0.15) is 9.97 Å².